The van der Waals surface area contributed by atoms with Gasteiger partial charge in [0.25, 0.3) is 5.91 Å². The number of aliphatic hydroxyl groups excluding tert-OH is 1. The van der Waals surface area contributed by atoms with Crippen LogP contribution in [0.15, 0.2) is 22.7 Å². The molecule has 1 atom stereocenters. The number of carbonyl (C=O) groups excluding carboxylic acids is 1. The molecule has 0 spiro atoms. The van der Waals surface area contributed by atoms with E-state index in [1.165, 1.54) is 0 Å². The van der Waals surface area contributed by atoms with Crippen LogP contribution >= 0.6 is 15.9 Å². The van der Waals surface area contributed by atoms with Crippen LogP contribution < -0.4 is 5.73 Å². The summed E-state index contributed by atoms with van der Waals surface area (Å²) in [6.07, 6.45) is 1.82. The molecular weight excluding hydrogens is 284 g/mol. The fraction of sp³-hybridized carbons (Fsp3) is 0.417. The standard InChI is InChI=1S/C12H15BrN2O2/c13-10-4-3-8(6-11(10)14)12(17)15-5-1-2-9(15)7-16/h3-4,6,9,16H,1-2,5,7,14H2/t9-/m1/s1. The first kappa shape index (κ1) is 12.4. The lowest BCUT2D eigenvalue weighted by Crippen LogP contribution is -2.37. The largest absolute Gasteiger partial charge is 0.398 e. The fourth-order valence-electron chi connectivity index (χ4n) is 2.14. The predicted octanol–water partition coefficient (Wildman–Crippen LogP) is 1.63. The number of halogens is 1. The molecule has 1 aliphatic heterocycles. The van der Waals surface area contributed by atoms with Crippen LogP contribution in [0.3, 0.4) is 0 Å². The van der Waals surface area contributed by atoms with Crippen LogP contribution in [0.25, 0.3) is 0 Å². The van der Waals surface area contributed by atoms with Crippen molar-refractivity contribution in [3.05, 3.63) is 28.2 Å². The van der Waals surface area contributed by atoms with Crippen LogP contribution in [0.1, 0.15) is 23.2 Å². The Bertz CT molecular complexity index is 437. The Morgan fingerprint density at radius 1 is 1.59 bits per heavy atom. The van der Waals surface area contributed by atoms with Crippen molar-refractivity contribution in [1.82, 2.24) is 4.90 Å². The molecule has 4 nitrogen and oxygen atoms in total. The number of hydrogen-bond donors (Lipinski definition) is 2. The number of nitrogen functional groups attached to an aromatic ring is 1. The maximum atomic E-state index is 12.2. The SMILES string of the molecule is Nc1cc(C(=O)N2CCC[C@@H]2CO)ccc1Br. The van der Waals surface area contributed by atoms with E-state index in [2.05, 4.69) is 15.9 Å². The Hall–Kier alpha value is -1.07. The van der Waals surface area contributed by atoms with E-state index >= 15 is 0 Å². The first-order chi connectivity index (χ1) is 8.13. The molecule has 0 bridgehead atoms. The summed E-state index contributed by atoms with van der Waals surface area (Å²) in [6, 6.07) is 5.13. The first-order valence-corrected chi connectivity index (χ1v) is 6.39. The lowest BCUT2D eigenvalue weighted by molar-refractivity contribution is 0.0677. The van der Waals surface area contributed by atoms with Gasteiger partial charge in [0.05, 0.1) is 12.6 Å². The van der Waals surface area contributed by atoms with Gasteiger partial charge in [-0.1, -0.05) is 0 Å². The minimum Gasteiger partial charge on any atom is -0.398 e. The summed E-state index contributed by atoms with van der Waals surface area (Å²) in [5.41, 5.74) is 6.88. The zero-order valence-electron chi connectivity index (χ0n) is 9.40. The zero-order chi connectivity index (χ0) is 12.4. The lowest BCUT2D eigenvalue weighted by atomic mass is 10.1. The molecule has 1 aromatic rings. The van der Waals surface area contributed by atoms with E-state index in [0.29, 0.717) is 17.8 Å². The van der Waals surface area contributed by atoms with Crippen LogP contribution in [-0.2, 0) is 0 Å². The van der Waals surface area contributed by atoms with Crippen LogP contribution in [0.2, 0.25) is 0 Å². The Kier molecular flexibility index (Phi) is 3.69. The van der Waals surface area contributed by atoms with Gasteiger partial charge in [0.1, 0.15) is 0 Å². The number of nitrogens with two attached hydrogens (primary N) is 1. The van der Waals surface area contributed by atoms with E-state index < -0.39 is 0 Å². The van der Waals surface area contributed by atoms with Gasteiger partial charge in [-0.2, -0.15) is 0 Å². The van der Waals surface area contributed by atoms with E-state index in [0.717, 1.165) is 17.3 Å². The maximum Gasteiger partial charge on any atom is 0.254 e. The zero-order valence-corrected chi connectivity index (χ0v) is 11.0. The monoisotopic (exact) mass is 298 g/mol. The smallest absolute Gasteiger partial charge is 0.254 e. The minimum atomic E-state index is -0.0549. The van der Waals surface area contributed by atoms with Crippen molar-refractivity contribution in [2.45, 2.75) is 18.9 Å². The van der Waals surface area contributed by atoms with Crippen LogP contribution in [0.4, 0.5) is 5.69 Å². The van der Waals surface area contributed by atoms with Gasteiger partial charge >= 0.3 is 0 Å². The molecule has 92 valence electrons. The number of carbonyl (C=O) groups is 1. The molecule has 3 N–H and O–H groups in total. The number of rotatable bonds is 2. The normalized spacial score (nSPS) is 19.6. The number of amides is 1. The summed E-state index contributed by atoms with van der Waals surface area (Å²) < 4.78 is 0.786. The number of anilines is 1. The average Bonchev–Trinajstić information content (AvgIpc) is 2.80. The highest BCUT2D eigenvalue weighted by molar-refractivity contribution is 9.10. The van der Waals surface area contributed by atoms with E-state index in [9.17, 15) is 9.90 Å². The number of aliphatic hydroxyl groups is 1. The predicted molar refractivity (Wildman–Crippen MR) is 69.7 cm³/mol. The van der Waals surface area contributed by atoms with Crippen molar-refractivity contribution in [2.75, 3.05) is 18.9 Å². The van der Waals surface area contributed by atoms with Crippen LogP contribution in [0, 0.1) is 0 Å². The molecular formula is C12H15BrN2O2. The molecule has 0 saturated carbocycles. The highest BCUT2D eigenvalue weighted by atomic mass is 79.9. The second kappa shape index (κ2) is 5.06. The molecule has 0 radical (unpaired) electrons. The summed E-state index contributed by atoms with van der Waals surface area (Å²) in [5, 5.41) is 9.20. The van der Waals surface area contributed by atoms with E-state index in [4.69, 9.17) is 5.73 Å². The molecule has 0 aliphatic carbocycles. The van der Waals surface area contributed by atoms with Gasteiger partial charge in [0.2, 0.25) is 0 Å². The second-order valence-corrected chi connectivity index (χ2v) is 5.07. The summed E-state index contributed by atoms with van der Waals surface area (Å²) in [6.45, 7) is 0.734. The van der Waals surface area contributed by atoms with Crippen LogP contribution in [-0.4, -0.2) is 35.1 Å². The van der Waals surface area contributed by atoms with Gasteiger partial charge in [-0.3, -0.25) is 4.79 Å². The Balaban J connectivity index is 2.21. The molecule has 1 saturated heterocycles. The highest BCUT2D eigenvalue weighted by Crippen LogP contribution is 2.24. The van der Waals surface area contributed by atoms with Crippen molar-refractivity contribution in [2.24, 2.45) is 0 Å². The van der Waals surface area contributed by atoms with Crippen molar-refractivity contribution < 1.29 is 9.90 Å². The molecule has 1 fully saturated rings. The van der Waals surface area contributed by atoms with Crippen molar-refractivity contribution >= 4 is 27.5 Å². The third-order valence-corrected chi connectivity index (χ3v) is 3.81. The molecule has 1 heterocycles. The Morgan fingerprint density at radius 3 is 3.00 bits per heavy atom. The Morgan fingerprint density at radius 2 is 2.35 bits per heavy atom. The van der Waals surface area contributed by atoms with Crippen molar-refractivity contribution in [3.63, 3.8) is 0 Å². The van der Waals surface area contributed by atoms with Gasteiger partial charge < -0.3 is 15.7 Å². The van der Waals surface area contributed by atoms with Gasteiger partial charge in [-0.25, -0.2) is 0 Å². The molecule has 5 heteroatoms. The lowest BCUT2D eigenvalue weighted by Gasteiger charge is -2.23. The summed E-state index contributed by atoms with van der Waals surface area (Å²) in [7, 11) is 0. The van der Waals surface area contributed by atoms with Gasteiger partial charge in [0, 0.05) is 22.3 Å². The summed E-state index contributed by atoms with van der Waals surface area (Å²) in [5.74, 6) is -0.0549. The van der Waals surface area contributed by atoms with Gasteiger partial charge in [-0.15, -0.1) is 0 Å². The van der Waals surface area contributed by atoms with E-state index in [1.54, 1.807) is 23.1 Å². The molecule has 1 amide bonds. The topological polar surface area (TPSA) is 66.6 Å². The van der Waals surface area contributed by atoms with E-state index in [-0.39, 0.29) is 18.6 Å². The molecule has 17 heavy (non-hydrogen) atoms. The van der Waals surface area contributed by atoms with Gasteiger partial charge in [-0.05, 0) is 47.0 Å². The number of nitrogens with zero attached hydrogens (tertiary/aromatic N) is 1. The molecule has 0 aromatic heterocycles. The average molecular weight is 299 g/mol. The Labute approximate surface area is 109 Å². The molecule has 1 aliphatic rings. The third kappa shape index (κ3) is 2.45. The first-order valence-electron chi connectivity index (χ1n) is 5.60. The van der Waals surface area contributed by atoms with Crippen molar-refractivity contribution in [3.8, 4) is 0 Å². The fourth-order valence-corrected chi connectivity index (χ4v) is 2.38. The van der Waals surface area contributed by atoms with Crippen molar-refractivity contribution in [1.29, 1.82) is 0 Å². The summed E-state index contributed by atoms with van der Waals surface area (Å²) >= 11 is 3.30. The summed E-state index contributed by atoms with van der Waals surface area (Å²) in [4.78, 5) is 13.9. The number of benzene rings is 1. The number of likely N-dealkylation sites (tertiary alicyclic amines) is 1. The molecule has 1 aromatic carbocycles. The quantitative estimate of drug-likeness (QED) is 0.816. The highest BCUT2D eigenvalue weighted by Gasteiger charge is 2.28. The minimum absolute atomic E-state index is 0.0255. The third-order valence-electron chi connectivity index (χ3n) is 3.09. The second-order valence-electron chi connectivity index (χ2n) is 4.21. The van der Waals surface area contributed by atoms with Gasteiger partial charge in [0.15, 0.2) is 0 Å². The molecule has 0 unspecified atom stereocenters. The van der Waals surface area contributed by atoms with E-state index in [1.807, 2.05) is 0 Å². The molecule has 2 rings (SSSR count). The number of hydrogen-bond acceptors (Lipinski definition) is 3. The maximum absolute atomic E-state index is 12.2. The van der Waals surface area contributed by atoms with Crippen LogP contribution in [0.5, 0.6) is 0 Å².